The summed E-state index contributed by atoms with van der Waals surface area (Å²) in [5.41, 5.74) is 1.37. The standard InChI is InChI=1S/C23H37N3O2S.HI/c1-4-24-22(26-19-8-11-21(16-19)29-3)25-17-23(12-14-27-15-13-23)18-6-9-20(10-7-18)28-5-2;/h6-7,9-10,19,21H,4-5,8,11-17H2,1-3H3,(H2,24,25,26);1H. The number of thioether (sulfide) groups is 1. The fourth-order valence-electron chi connectivity index (χ4n) is 4.40. The lowest BCUT2D eigenvalue weighted by atomic mass is 9.74. The number of ether oxygens (including phenoxy) is 2. The van der Waals surface area contributed by atoms with Gasteiger partial charge in [0, 0.05) is 36.5 Å². The molecule has 170 valence electrons. The van der Waals surface area contributed by atoms with Crippen LogP contribution >= 0.6 is 35.7 Å². The molecule has 1 aliphatic carbocycles. The number of aliphatic imine (C=N–C) groups is 1. The zero-order chi connectivity index (χ0) is 20.5. The van der Waals surface area contributed by atoms with Gasteiger partial charge in [-0.3, -0.25) is 4.99 Å². The van der Waals surface area contributed by atoms with Crippen molar-refractivity contribution >= 4 is 41.7 Å². The highest BCUT2D eigenvalue weighted by molar-refractivity contribution is 14.0. The molecule has 0 spiro atoms. The summed E-state index contributed by atoms with van der Waals surface area (Å²) in [7, 11) is 0. The molecule has 0 bridgehead atoms. The Morgan fingerprint density at radius 3 is 2.53 bits per heavy atom. The van der Waals surface area contributed by atoms with E-state index in [2.05, 4.69) is 48.1 Å². The quantitative estimate of drug-likeness (QED) is 0.283. The van der Waals surface area contributed by atoms with E-state index < -0.39 is 0 Å². The lowest BCUT2D eigenvalue weighted by molar-refractivity contribution is 0.0531. The third kappa shape index (κ3) is 6.92. The molecule has 1 saturated heterocycles. The molecule has 2 atom stereocenters. The van der Waals surface area contributed by atoms with E-state index in [-0.39, 0.29) is 29.4 Å². The van der Waals surface area contributed by atoms with Gasteiger partial charge in [0.2, 0.25) is 0 Å². The normalized spacial score (nSPS) is 23.5. The molecule has 1 aliphatic heterocycles. The van der Waals surface area contributed by atoms with Gasteiger partial charge in [-0.15, -0.1) is 24.0 Å². The molecule has 1 saturated carbocycles. The Bertz CT molecular complexity index is 650. The Hall–Kier alpha value is -0.670. The minimum Gasteiger partial charge on any atom is -0.494 e. The predicted molar refractivity (Wildman–Crippen MR) is 139 cm³/mol. The molecule has 3 rings (SSSR count). The van der Waals surface area contributed by atoms with Gasteiger partial charge in [0.05, 0.1) is 13.2 Å². The number of rotatable bonds is 8. The Morgan fingerprint density at radius 1 is 1.20 bits per heavy atom. The fourth-order valence-corrected chi connectivity index (χ4v) is 5.20. The van der Waals surface area contributed by atoms with E-state index in [0.29, 0.717) is 12.6 Å². The van der Waals surface area contributed by atoms with Crippen LogP contribution in [0.25, 0.3) is 0 Å². The van der Waals surface area contributed by atoms with Crippen LogP contribution in [0, 0.1) is 0 Å². The van der Waals surface area contributed by atoms with Gasteiger partial charge < -0.3 is 20.1 Å². The average Bonchev–Trinajstić information content (AvgIpc) is 3.21. The first kappa shape index (κ1) is 25.6. The van der Waals surface area contributed by atoms with Gasteiger partial charge in [0.25, 0.3) is 0 Å². The average molecular weight is 548 g/mol. The van der Waals surface area contributed by atoms with E-state index >= 15 is 0 Å². The zero-order valence-corrected chi connectivity index (χ0v) is 21.8. The maximum atomic E-state index is 5.69. The summed E-state index contributed by atoms with van der Waals surface area (Å²) in [6, 6.07) is 9.13. The van der Waals surface area contributed by atoms with E-state index in [1.807, 2.05) is 18.7 Å². The number of halogens is 1. The number of hydrogen-bond acceptors (Lipinski definition) is 4. The molecule has 2 aliphatic rings. The Morgan fingerprint density at radius 2 is 1.93 bits per heavy atom. The van der Waals surface area contributed by atoms with Crippen molar-refractivity contribution in [2.45, 2.75) is 62.7 Å². The highest BCUT2D eigenvalue weighted by Crippen LogP contribution is 2.36. The summed E-state index contributed by atoms with van der Waals surface area (Å²) in [4.78, 5) is 5.06. The van der Waals surface area contributed by atoms with E-state index in [4.69, 9.17) is 14.5 Å². The van der Waals surface area contributed by atoms with Crippen molar-refractivity contribution < 1.29 is 9.47 Å². The third-order valence-corrected chi connectivity index (χ3v) is 7.27. The molecule has 2 N–H and O–H groups in total. The highest BCUT2D eigenvalue weighted by atomic mass is 127. The molecule has 30 heavy (non-hydrogen) atoms. The van der Waals surface area contributed by atoms with Gasteiger partial charge in [0.1, 0.15) is 5.75 Å². The van der Waals surface area contributed by atoms with Crippen molar-refractivity contribution in [2.75, 3.05) is 39.2 Å². The van der Waals surface area contributed by atoms with Crippen LogP contribution in [0.3, 0.4) is 0 Å². The molecule has 0 amide bonds. The number of guanidine groups is 1. The van der Waals surface area contributed by atoms with Crippen molar-refractivity contribution in [2.24, 2.45) is 4.99 Å². The summed E-state index contributed by atoms with van der Waals surface area (Å²) < 4.78 is 11.3. The van der Waals surface area contributed by atoms with Crippen molar-refractivity contribution in [1.29, 1.82) is 0 Å². The fraction of sp³-hybridized carbons (Fsp3) is 0.696. The van der Waals surface area contributed by atoms with Crippen LogP contribution in [-0.2, 0) is 10.2 Å². The minimum atomic E-state index is 0. The van der Waals surface area contributed by atoms with E-state index in [1.165, 1.54) is 24.8 Å². The van der Waals surface area contributed by atoms with Crippen LogP contribution in [0.1, 0.15) is 51.5 Å². The minimum absolute atomic E-state index is 0. The van der Waals surface area contributed by atoms with Crippen LogP contribution in [0.2, 0.25) is 0 Å². The maximum absolute atomic E-state index is 5.69. The molecule has 0 radical (unpaired) electrons. The second kappa shape index (κ2) is 13.0. The second-order valence-electron chi connectivity index (χ2n) is 8.06. The molecule has 1 aromatic carbocycles. The molecular formula is C23H38IN3O2S. The number of benzene rings is 1. The van der Waals surface area contributed by atoms with Gasteiger partial charge in [-0.2, -0.15) is 11.8 Å². The Labute approximate surface area is 203 Å². The molecule has 5 nitrogen and oxygen atoms in total. The zero-order valence-electron chi connectivity index (χ0n) is 18.6. The van der Waals surface area contributed by atoms with Crippen LogP contribution in [0.4, 0.5) is 0 Å². The molecule has 2 unspecified atom stereocenters. The first-order valence-electron chi connectivity index (χ1n) is 11.1. The number of nitrogens with zero attached hydrogens (tertiary/aromatic N) is 1. The molecular weight excluding hydrogens is 509 g/mol. The number of hydrogen-bond donors (Lipinski definition) is 2. The van der Waals surface area contributed by atoms with Crippen molar-refractivity contribution in [3.8, 4) is 5.75 Å². The summed E-state index contributed by atoms with van der Waals surface area (Å²) in [5, 5.41) is 7.93. The van der Waals surface area contributed by atoms with Crippen molar-refractivity contribution in [3.05, 3.63) is 29.8 Å². The first-order chi connectivity index (χ1) is 14.2. The molecule has 2 fully saturated rings. The Balaban J connectivity index is 0.00000320. The lowest BCUT2D eigenvalue weighted by Crippen LogP contribution is -2.44. The van der Waals surface area contributed by atoms with Gasteiger partial charge in [0.15, 0.2) is 5.96 Å². The monoisotopic (exact) mass is 547 g/mol. The molecule has 0 aromatic heterocycles. The predicted octanol–water partition coefficient (Wildman–Crippen LogP) is 4.59. The van der Waals surface area contributed by atoms with Crippen molar-refractivity contribution in [3.63, 3.8) is 0 Å². The highest BCUT2D eigenvalue weighted by Gasteiger charge is 2.35. The first-order valence-corrected chi connectivity index (χ1v) is 12.4. The lowest BCUT2D eigenvalue weighted by Gasteiger charge is -2.37. The summed E-state index contributed by atoms with van der Waals surface area (Å²) in [6.45, 7) is 8.09. The topological polar surface area (TPSA) is 54.9 Å². The second-order valence-corrected chi connectivity index (χ2v) is 9.20. The van der Waals surface area contributed by atoms with Gasteiger partial charge in [-0.1, -0.05) is 12.1 Å². The van der Waals surface area contributed by atoms with Crippen LogP contribution in [0.15, 0.2) is 29.3 Å². The summed E-state index contributed by atoms with van der Waals surface area (Å²) >= 11 is 1.99. The van der Waals surface area contributed by atoms with Crippen LogP contribution in [-0.4, -0.2) is 56.4 Å². The molecule has 7 heteroatoms. The summed E-state index contributed by atoms with van der Waals surface area (Å²) in [6.07, 6.45) is 7.98. The summed E-state index contributed by atoms with van der Waals surface area (Å²) in [5.74, 6) is 1.89. The van der Waals surface area contributed by atoms with Gasteiger partial charge in [-0.25, -0.2) is 0 Å². The number of nitrogens with one attached hydrogen (secondary N) is 2. The van der Waals surface area contributed by atoms with E-state index in [0.717, 1.165) is 56.1 Å². The molecule has 1 aromatic rings. The van der Waals surface area contributed by atoms with Gasteiger partial charge in [-0.05, 0) is 69.9 Å². The van der Waals surface area contributed by atoms with Crippen LogP contribution < -0.4 is 15.4 Å². The largest absolute Gasteiger partial charge is 0.494 e. The SMILES string of the molecule is CCNC(=NCC1(c2ccc(OCC)cc2)CCOCC1)NC1CCC(SC)C1.I. The van der Waals surface area contributed by atoms with E-state index in [1.54, 1.807) is 0 Å². The maximum Gasteiger partial charge on any atom is 0.191 e. The van der Waals surface area contributed by atoms with E-state index in [9.17, 15) is 0 Å². The Kier molecular flexibility index (Phi) is 11.1. The molecule has 1 heterocycles. The smallest absolute Gasteiger partial charge is 0.191 e. The van der Waals surface area contributed by atoms with Gasteiger partial charge >= 0.3 is 0 Å². The van der Waals surface area contributed by atoms with Crippen molar-refractivity contribution in [1.82, 2.24) is 10.6 Å². The third-order valence-electron chi connectivity index (χ3n) is 6.17. The van der Waals surface area contributed by atoms with Crippen LogP contribution in [0.5, 0.6) is 5.75 Å².